The lowest BCUT2D eigenvalue weighted by molar-refractivity contribution is -0.119. The number of carbonyl (C=O) groups is 1. The Hall–Kier alpha value is -1.90. The Kier molecular flexibility index (Phi) is 9.13. The van der Waals surface area contributed by atoms with Crippen LogP contribution in [-0.4, -0.2) is 51.4 Å². The van der Waals surface area contributed by atoms with E-state index in [1.807, 2.05) is 0 Å². The summed E-state index contributed by atoms with van der Waals surface area (Å²) in [6.45, 7) is 4.58. The summed E-state index contributed by atoms with van der Waals surface area (Å²) in [5, 5.41) is 2.91. The molecule has 32 heavy (non-hydrogen) atoms. The lowest BCUT2D eigenvalue weighted by atomic mass is 10.00. The first-order valence-corrected chi connectivity index (χ1v) is 13.5. The second-order valence-corrected chi connectivity index (χ2v) is 10.9. The second-order valence-electron chi connectivity index (χ2n) is 8.10. The van der Waals surface area contributed by atoms with Gasteiger partial charge in [0.15, 0.2) is 0 Å². The van der Waals surface area contributed by atoms with E-state index < -0.39 is 10.0 Å². The number of hydrogen-bond acceptors (Lipinski definition) is 4. The molecule has 1 heterocycles. The molecule has 1 unspecified atom stereocenters. The van der Waals surface area contributed by atoms with E-state index in [1.165, 1.54) is 23.6 Å². The van der Waals surface area contributed by atoms with E-state index in [9.17, 15) is 13.2 Å². The number of likely N-dealkylation sites (tertiary alicyclic amines) is 1. The van der Waals surface area contributed by atoms with Crippen LogP contribution in [0.1, 0.15) is 39.0 Å². The number of anilines is 1. The van der Waals surface area contributed by atoms with Crippen molar-refractivity contribution in [2.45, 2.75) is 50.0 Å². The van der Waals surface area contributed by atoms with Crippen LogP contribution in [0.25, 0.3) is 0 Å². The average molecular weight is 523 g/mol. The van der Waals surface area contributed by atoms with Gasteiger partial charge in [-0.2, -0.15) is 0 Å². The molecule has 1 fully saturated rings. The predicted molar refractivity (Wildman–Crippen MR) is 132 cm³/mol. The molecule has 0 aromatic heterocycles. The number of halogens is 1. The SMILES string of the molecule is CCC1CCCCN1CCCNC(=O)CN(c1ccc(Br)cc1)S(=O)(=O)c1ccccc1. The van der Waals surface area contributed by atoms with E-state index >= 15 is 0 Å². The number of piperidine rings is 1. The van der Waals surface area contributed by atoms with E-state index in [0.29, 0.717) is 18.3 Å². The highest BCUT2D eigenvalue weighted by molar-refractivity contribution is 9.10. The molecule has 0 spiro atoms. The third-order valence-electron chi connectivity index (χ3n) is 5.90. The summed E-state index contributed by atoms with van der Waals surface area (Å²) < 4.78 is 28.6. The Bertz CT molecular complexity index is 968. The predicted octanol–water partition coefficient (Wildman–Crippen LogP) is 4.42. The number of nitrogens with one attached hydrogen (secondary N) is 1. The molecule has 1 saturated heterocycles. The minimum absolute atomic E-state index is 0.159. The molecule has 6 nitrogen and oxygen atoms in total. The van der Waals surface area contributed by atoms with Crippen LogP contribution in [0.15, 0.2) is 64.0 Å². The Labute approximate surface area is 200 Å². The number of carbonyl (C=O) groups excluding carboxylic acids is 1. The van der Waals surface area contributed by atoms with E-state index in [2.05, 4.69) is 33.1 Å². The topological polar surface area (TPSA) is 69.7 Å². The van der Waals surface area contributed by atoms with Crippen LogP contribution in [0.2, 0.25) is 0 Å². The number of nitrogens with zero attached hydrogens (tertiary/aromatic N) is 2. The maximum absolute atomic E-state index is 13.3. The number of amides is 1. The molecule has 2 aromatic carbocycles. The molecule has 1 N–H and O–H groups in total. The first-order chi connectivity index (χ1) is 15.4. The van der Waals surface area contributed by atoms with E-state index in [1.54, 1.807) is 54.6 Å². The number of hydrogen-bond donors (Lipinski definition) is 1. The Balaban J connectivity index is 1.63. The van der Waals surface area contributed by atoms with Gasteiger partial charge in [-0.05, 0) is 68.6 Å². The first-order valence-electron chi connectivity index (χ1n) is 11.3. The molecule has 1 aliphatic heterocycles. The van der Waals surface area contributed by atoms with Crippen molar-refractivity contribution in [2.75, 3.05) is 30.5 Å². The van der Waals surface area contributed by atoms with Crippen LogP contribution in [-0.2, 0) is 14.8 Å². The molecule has 1 atom stereocenters. The van der Waals surface area contributed by atoms with Gasteiger partial charge in [0.2, 0.25) is 5.91 Å². The minimum atomic E-state index is -3.87. The van der Waals surface area contributed by atoms with Gasteiger partial charge in [-0.3, -0.25) is 9.10 Å². The zero-order valence-electron chi connectivity index (χ0n) is 18.5. The molecule has 1 aliphatic rings. The van der Waals surface area contributed by atoms with Crippen LogP contribution in [0, 0.1) is 0 Å². The van der Waals surface area contributed by atoms with E-state index in [-0.39, 0.29) is 17.3 Å². The van der Waals surface area contributed by atoms with Crippen LogP contribution >= 0.6 is 15.9 Å². The largest absolute Gasteiger partial charge is 0.354 e. The molecular formula is C24H32BrN3O3S. The third-order valence-corrected chi connectivity index (χ3v) is 8.21. The lowest BCUT2D eigenvalue weighted by Crippen LogP contribution is -2.43. The second kappa shape index (κ2) is 11.8. The van der Waals surface area contributed by atoms with Gasteiger partial charge in [-0.25, -0.2) is 8.42 Å². The summed E-state index contributed by atoms with van der Waals surface area (Å²) in [5.74, 6) is -0.307. The maximum atomic E-state index is 13.3. The van der Waals surface area contributed by atoms with Gasteiger partial charge in [-0.15, -0.1) is 0 Å². The summed E-state index contributed by atoms with van der Waals surface area (Å²) in [6.07, 6.45) is 5.80. The Morgan fingerprint density at radius 3 is 2.53 bits per heavy atom. The van der Waals surface area contributed by atoms with Gasteiger partial charge in [-0.1, -0.05) is 47.5 Å². The highest BCUT2D eigenvalue weighted by atomic mass is 79.9. The molecule has 0 aliphatic carbocycles. The lowest BCUT2D eigenvalue weighted by Gasteiger charge is -2.35. The monoisotopic (exact) mass is 521 g/mol. The van der Waals surface area contributed by atoms with Crippen LogP contribution in [0.4, 0.5) is 5.69 Å². The normalized spacial score (nSPS) is 17.1. The summed E-state index contributed by atoms with van der Waals surface area (Å²) in [7, 11) is -3.87. The minimum Gasteiger partial charge on any atom is -0.354 e. The van der Waals surface area contributed by atoms with Crippen molar-refractivity contribution in [3.63, 3.8) is 0 Å². The van der Waals surface area contributed by atoms with Crippen molar-refractivity contribution >= 4 is 37.5 Å². The fourth-order valence-electron chi connectivity index (χ4n) is 4.16. The number of benzene rings is 2. The summed E-state index contributed by atoms with van der Waals surface area (Å²) >= 11 is 3.37. The van der Waals surface area contributed by atoms with E-state index in [0.717, 1.165) is 30.4 Å². The van der Waals surface area contributed by atoms with Crippen molar-refractivity contribution in [1.29, 1.82) is 0 Å². The summed E-state index contributed by atoms with van der Waals surface area (Å²) in [4.78, 5) is 15.4. The molecule has 8 heteroatoms. The molecule has 0 radical (unpaired) electrons. The first kappa shape index (κ1) is 24.7. The quantitative estimate of drug-likeness (QED) is 0.470. The van der Waals surface area contributed by atoms with Crippen LogP contribution in [0.5, 0.6) is 0 Å². The molecule has 174 valence electrons. The third kappa shape index (κ3) is 6.56. The molecular weight excluding hydrogens is 490 g/mol. The van der Waals surface area contributed by atoms with Crippen LogP contribution < -0.4 is 9.62 Å². The highest BCUT2D eigenvalue weighted by Gasteiger charge is 2.27. The van der Waals surface area contributed by atoms with Gasteiger partial charge in [0, 0.05) is 23.6 Å². The standard InChI is InChI=1S/C24H32BrN3O3S/c1-2-21-9-6-7-17-27(21)18-8-16-26-24(29)19-28(22-14-12-20(25)13-15-22)32(30,31)23-10-4-3-5-11-23/h3-5,10-15,21H,2,6-9,16-19H2,1H3,(H,26,29). The summed E-state index contributed by atoms with van der Waals surface area (Å²) in [6, 6.07) is 15.8. The van der Waals surface area contributed by atoms with Crippen molar-refractivity contribution < 1.29 is 13.2 Å². The van der Waals surface area contributed by atoms with Crippen molar-refractivity contribution in [1.82, 2.24) is 10.2 Å². The highest BCUT2D eigenvalue weighted by Crippen LogP contribution is 2.25. The molecule has 2 aromatic rings. The number of sulfonamides is 1. The van der Waals surface area contributed by atoms with Gasteiger partial charge >= 0.3 is 0 Å². The Morgan fingerprint density at radius 2 is 1.84 bits per heavy atom. The van der Waals surface area contributed by atoms with Crippen molar-refractivity contribution in [3.8, 4) is 0 Å². The van der Waals surface area contributed by atoms with Gasteiger partial charge in [0.25, 0.3) is 10.0 Å². The van der Waals surface area contributed by atoms with E-state index in [4.69, 9.17) is 0 Å². The molecule has 3 rings (SSSR count). The molecule has 0 saturated carbocycles. The summed E-state index contributed by atoms with van der Waals surface area (Å²) in [5.41, 5.74) is 0.450. The van der Waals surface area contributed by atoms with Crippen molar-refractivity contribution in [2.24, 2.45) is 0 Å². The zero-order chi connectivity index (χ0) is 23.0. The average Bonchev–Trinajstić information content (AvgIpc) is 2.81. The van der Waals surface area contributed by atoms with Gasteiger partial charge < -0.3 is 10.2 Å². The van der Waals surface area contributed by atoms with Gasteiger partial charge in [0.1, 0.15) is 6.54 Å². The van der Waals surface area contributed by atoms with Gasteiger partial charge in [0.05, 0.1) is 10.6 Å². The van der Waals surface area contributed by atoms with Crippen molar-refractivity contribution in [3.05, 3.63) is 59.1 Å². The maximum Gasteiger partial charge on any atom is 0.264 e. The Morgan fingerprint density at radius 1 is 1.12 bits per heavy atom. The zero-order valence-corrected chi connectivity index (χ0v) is 20.9. The molecule has 1 amide bonds. The smallest absolute Gasteiger partial charge is 0.264 e. The fraction of sp³-hybridized carbons (Fsp3) is 0.458. The number of rotatable bonds is 10. The van der Waals surface area contributed by atoms with Crippen LogP contribution in [0.3, 0.4) is 0 Å². The molecule has 0 bridgehead atoms. The fourth-order valence-corrected chi connectivity index (χ4v) is 5.86.